The number of halogens is 1. The van der Waals surface area contributed by atoms with E-state index in [0.717, 1.165) is 5.56 Å². The maximum atomic E-state index is 13.0. The van der Waals surface area contributed by atoms with Gasteiger partial charge in [0.2, 0.25) is 0 Å². The van der Waals surface area contributed by atoms with Gasteiger partial charge in [0.05, 0.1) is 0 Å². The zero-order valence-corrected chi connectivity index (χ0v) is 11.5. The Balaban J connectivity index is 1.93. The van der Waals surface area contributed by atoms with E-state index in [9.17, 15) is 9.18 Å². The molecule has 110 valence electrons. The van der Waals surface area contributed by atoms with Crippen LogP contribution in [0.2, 0.25) is 0 Å². The molecule has 0 heterocycles. The van der Waals surface area contributed by atoms with E-state index in [4.69, 9.17) is 5.11 Å². The van der Waals surface area contributed by atoms with Crippen LogP contribution in [0.3, 0.4) is 0 Å². The summed E-state index contributed by atoms with van der Waals surface area (Å²) in [5, 5.41) is 14.4. The molecule has 21 heavy (non-hydrogen) atoms. The van der Waals surface area contributed by atoms with Crippen LogP contribution in [0.15, 0.2) is 48.5 Å². The van der Waals surface area contributed by atoms with Crippen molar-refractivity contribution in [2.75, 3.05) is 11.9 Å². The molecule has 2 aromatic carbocycles. The first-order valence-corrected chi connectivity index (χ1v) is 6.67. The molecule has 4 nitrogen and oxygen atoms in total. The molecule has 0 radical (unpaired) electrons. The van der Waals surface area contributed by atoms with E-state index < -0.39 is 0 Å². The van der Waals surface area contributed by atoms with Gasteiger partial charge in [-0.15, -0.1) is 0 Å². The minimum absolute atomic E-state index is 0.0175. The number of aliphatic hydroxyl groups excluding tert-OH is 1. The highest BCUT2D eigenvalue weighted by Gasteiger charge is 2.06. The standard InChI is InChI=1S/C16H17FN2O2/c17-14-6-3-4-12(10-14)11-18-16(21)19-15-7-2-1-5-13(15)8-9-20/h1-7,10,20H,8-9,11H2,(H2,18,19,21). The number of aliphatic hydroxyl groups is 1. The number of hydrogen-bond acceptors (Lipinski definition) is 2. The summed E-state index contributed by atoms with van der Waals surface area (Å²) < 4.78 is 13.0. The highest BCUT2D eigenvalue weighted by Crippen LogP contribution is 2.15. The average Bonchev–Trinajstić information content (AvgIpc) is 2.48. The largest absolute Gasteiger partial charge is 0.396 e. The van der Waals surface area contributed by atoms with Gasteiger partial charge in [-0.3, -0.25) is 0 Å². The minimum Gasteiger partial charge on any atom is -0.396 e. The van der Waals surface area contributed by atoms with Crippen LogP contribution >= 0.6 is 0 Å². The van der Waals surface area contributed by atoms with Crippen molar-refractivity contribution in [3.63, 3.8) is 0 Å². The normalized spacial score (nSPS) is 10.2. The van der Waals surface area contributed by atoms with Gasteiger partial charge in [0.15, 0.2) is 0 Å². The van der Waals surface area contributed by atoms with Gasteiger partial charge in [-0.05, 0) is 35.7 Å². The fourth-order valence-corrected chi connectivity index (χ4v) is 1.98. The van der Waals surface area contributed by atoms with Crippen molar-refractivity contribution >= 4 is 11.7 Å². The summed E-state index contributed by atoms with van der Waals surface area (Å²) in [6.07, 6.45) is 0.473. The molecule has 0 unspecified atom stereocenters. The molecule has 2 aromatic rings. The van der Waals surface area contributed by atoms with E-state index in [1.807, 2.05) is 18.2 Å². The van der Waals surface area contributed by atoms with Gasteiger partial charge < -0.3 is 15.7 Å². The van der Waals surface area contributed by atoms with Crippen LogP contribution in [0.5, 0.6) is 0 Å². The number of para-hydroxylation sites is 1. The lowest BCUT2D eigenvalue weighted by Gasteiger charge is -2.11. The lowest BCUT2D eigenvalue weighted by Crippen LogP contribution is -2.28. The molecule has 0 aliphatic heterocycles. The third-order valence-electron chi connectivity index (χ3n) is 2.99. The van der Waals surface area contributed by atoms with Crippen molar-refractivity contribution in [3.05, 3.63) is 65.5 Å². The minimum atomic E-state index is -0.371. The Morgan fingerprint density at radius 1 is 1.14 bits per heavy atom. The highest BCUT2D eigenvalue weighted by molar-refractivity contribution is 5.90. The Bertz CT molecular complexity index is 617. The second-order valence-corrected chi connectivity index (χ2v) is 4.57. The second kappa shape index (κ2) is 7.40. The van der Waals surface area contributed by atoms with Gasteiger partial charge in [0.25, 0.3) is 0 Å². The smallest absolute Gasteiger partial charge is 0.319 e. The van der Waals surface area contributed by atoms with Crippen LogP contribution in [0.4, 0.5) is 14.9 Å². The molecule has 0 atom stereocenters. The summed E-state index contributed by atoms with van der Waals surface area (Å²) in [6.45, 7) is 0.259. The van der Waals surface area contributed by atoms with Gasteiger partial charge in [-0.25, -0.2) is 9.18 Å². The molecule has 2 rings (SSSR count). The van der Waals surface area contributed by atoms with Crippen LogP contribution in [-0.2, 0) is 13.0 Å². The predicted molar refractivity (Wildman–Crippen MR) is 79.5 cm³/mol. The molecular formula is C16H17FN2O2. The van der Waals surface area contributed by atoms with E-state index in [0.29, 0.717) is 17.7 Å². The number of carbonyl (C=O) groups is 1. The Labute approximate surface area is 122 Å². The fraction of sp³-hybridized carbons (Fsp3) is 0.188. The zero-order valence-electron chi connectivity index (χ0n) is 11.5. The predicted octanol–water partition coefficient (Wildman–Crippen LogP) is 2.68. The van der Waals surface area contributed by atoms with Gasteiger partial charge in [0.1, 0.15) is 5.82 Å². The number of carbonyl (C=O) groups excluding carboxylic acids is 1. The van der Waals surface area contributed by atoms with Gasteiger partial charge >= 0.3 is 6.03 Å². The molecule has 0 aliphatic carbocycles. The number of nitrogens with one attached hydrogen (secondary N) is 2. The van der Waals surface area contributed by atoms with Crippen LogP contribution in [0.25, 0.3) is 0 Å². The van der Waals surface area contributed by atoms with Crippen LogP contribution < -0.4 is 10.6 Å². The molecule has 0 aromatic heterocycles. The topological polar surface area (TPSA) is 61.4 Å². The second-order valence-electron chi connectivity index (χ2n) is 4.57. The van der Waals surface area contributed by atoms with Crippen LogP contribution in [0, 0.1) is 5.82 Å². The maximum Gasteiger partial charge on any atom is 0.319 e. The van der Waals surface area contributed by atoms with Crippen molar-refractivity contribution in [2.24, 2.45) is 0 Å². The lowest BCUT2D eigenvalue weighted by molar-refractivity contribution is 0.251. The maximum absolute atomic E-state index is 13.0. The first kappa shape index (κ1) is 15.0. The molecule has 5 heteroatoms. The van der Waals surface area contributed by atoms with E-state index in [-0.39, 0.29) is 25.0 Å². The first-order valence-electron chi connectivity index (χ1n) is 6.67. The quantitative estimate of drug-likeness (QED) is 0.792. The monoisotopic (exact) mass is 288 g/mol. The summed E-state index contributed by atoms with van der Waals surface area (Å²) >= 11 is 0. The number of hydrogen-bond donors (Lipinski definition) is 3. The molecule has 3 N–H and O–H groups in total. The summed E-state index contributed by atoms with van der Waals surface area (Å²) in [5.41, 5.74) is 2.21. The highest BCUT2D eigenvalue weighted by atomic mass is 19.1. The third-order valence-corrected chi connectivity index (χ3v) is 2.99. The van der Waals surface area contributed by atoms with E-state index >= 15 is 0 Å². The molecule has 2 amide bonds. The number of urea groups is 1. The average molecular weight is 288 g/mol. The first-order chi connectivity index (χ1) is 10.2. The fourth-order valence-electron chi connectivity index (χ4n) is 1.98. The lowest BCUT2D eigenvalue weighted by atomic mass is 10.1. The van der Waals surface area contributed by atoms with E-state index in [1.165, 1.54) is 12.1 Å². The van der Waals surface area contributed by atoms with Crippen LogP contribution in [-0.4, -0.2) is 17.7 Å². The molecule has 0 saturated carbocycles. The molecule has 0 bridgehead atoms. The van der Waals surface area contributed by atoms with Crippen molar-refractivity contribution in [1.82, 2.24) is 5.32 Å². The van der Waals surface area contributed by atoms with Crippen molar-refractivity contribution in [2.45, 2.75) is 13.0 Å². The molecule has 0 spiro atoms. The third kappa shape index (κ3) is 4.57. The zero-order chi connectivity index (χ0) is 15.1. The number of amides is 2. The molecule has 0 saturated heterocycles. The summed E-state index contributed by atoms with van der Waals surface area (Å²) in [7, 11) is 0. The Morgan fingerprint density at radius 2 is 1.95 bits per heavy atom. The van der Waals surface area contributed by atoms with Crippen molar-refractivity contribution in [1.29, 1.82) is 0 Å². The molecule has 0 fully saturated rings. The number of anilines is 1. The molecular weight excluding hydrogens is 271 g/mol. The van der Waals surface area contributed by atoms with Gasteiger partial charge in [-0.1, -0.05) is 30.3 Å². The summed E-state index contributed by atoms with van der Waals surface area (Å²) in [5.74, 6) is -0.331. The van der Waals surface area contributed by atoms with E-state index in [2.05, 4.69) is 10.6 Å². The number of benzene rings is 2. The van der Waals surface area contributed by atoms with Gasteiger partial charge in [0, 0.05) is 18.8 Å². The Kier molecular flexibility index (Phi) is 5.29. The summed E-state index contributed by atoms with van der Waals surface area (Å²) in [6, 6.07) is 13.0. The SMILES string of the molecule is O=C(NCc1cccc(F)c1)Nc1ccccc1CCO. The number of rotatable bonds is 5. The van der Waals surface area contributed by atoms with Crippen LogP contribution in [0.1, 0.15) is 11.1 Å². The molecule has 0 aliphatic rings. The van der Waals surface area contributed by atoms with Gasteiger partial charge in [-0.2, -0.15) is 0 Å². The van der Waals surface area contributed by atoms with E-state index in [1.54, 1.807) is 18.2 Å². The Hall–Kier alpha value is -2.40. The Morgan fingerprint density at radius 3 is 2.71 bits per heavy atom. The summed E-state index contributed by atoms with van der Waals surface area (Å²) in [4.78, 5) is 11.8. The van der Waals surface area contributed by atoms with Crippen molar-refractivity contribution in [3.8, 4) is 0 Å². The van der Waals surface area contributed by atoms with Crippen molar-refractivity contribution < 1.29 is 14.3 Å².